The summed E-state index contributed by atoms with van der Waals surface area (Å²) in [6, 6.07) is 1.50. The van der Waals surface area contributed by atoms with Crippen LogP contribution in [0.4, 0.5) is 5.13 Å². The van der Waals surface area contributed by atoms with Gasteiger partial charge >= 0.3 is 0 Å². The SMILES string of the molecule is CC[C@H]1CN(c2nn3c(=O)cc(C)nc3s2)CCO1. The second-order valence-electron chi connectivity index (χ2n) is 4.66. The van der Waals surface area contributed by atoms with Crippen LogP contribution < -0.4 is 10.5 Å². The quantitative estimate of drug-likeness (QED) is 0.823. The second kappa shape index (κ2) is 4.90. The molecule has 0 N–H and O–H groups in total. The molecule has 7 heteroatoms. The third-order valence-corrected chi connectivity index (χ3v) is 4.20. The summed E-state index contributed by atoms with van der Waals surface area (Å²) in [5, 5.41) is 5.22. The summed E-state index contributed by atoms with van der Waals surface area (Å²) in [5.41, 5.74) is 0.610. The summed E-state index contributed by atoms with van der Waals surface area (Å²) in [7, 11) is 0. The summed E-state index contributed by atoms with van der Waals surface area (Å²) in [6.45, 7) is 6.27. The number of aromatic nitrogens is 3. The molecule has 1 saturated heterocycles. The van der Waals surface area contributed by atoms with Crippen LogP contribution in [-0.2, 0) is 4.74 Å². The molecule has 3 heterocycles. The molecule has 0 aliphatic carbocycles. The fourth-order valence-corrected chi connectivity index (χ4v) is 3.17. The molecule has 0 spiro atoms. The van der Waals surface area contributed by atoms with Gasteiger partial charge in [-0.25, -0.2) is 4.98 Å². The number of fused-ring (bicyclic) bond motifs is 1. The van der Waals surface area contributed by atoms with E-state index in [1.165, 1.54) is 21.9 Å². The van der Waals surface area contributed by atoms with Crippen LogP contribution in [0.5, 0.6) is 0 Å². The zero-order chi connectivity index (χ0) is 13.4. The van der Waals surface area contributed by atoms with E-state index in [0.717, 1.165) is 30.3 Å². The monoisotopic (exact) mass is 280 g/mol. The Kier molecular flexibility index (Phi) is 3.24. The average Bonchev–Trinajstić information content (AvgIpc) is 2.83. The molecule has 0 amide bonds. The van der Waals surface area contributed by atoms with Gasteiger partial charge in [-0.15, -0.1) is 5.10 Å². The lowest BCUT2D eigenvalue weighted by atomic mass is 10.2. The van der Waals surface area contributed by atoms with Crippen molar-refractivity contribution >= 4 is 21.4 Å². The molecule has 102 valence electrons. The van der Waals surface area contributed by atoms with Crippen LogP contribution in [0.2, 0.25) is 0 Å². The lowest BCUT2D eigenvalue weighted by Crippen LogP contribution is -2.42. The van der Waals surface area contributed by atoms with Crippen molar-refractivity contribution in [2.75, 3.05) is 24.6 Å². The maximum Gasteiger partial charge on any atom is 0.275 e. The summed E-state index contributed by atoms with van der Waals surface area (Å²) in [4.78, 5) is 19.0. The van der Waals surface area contributed by atoms with Gasteiger partial charge in [-0.3, -0.25) is 4.79 Å². The van der Waals surface area contributed by atoms with Crippen LogP contribution >= 0.6 is 11.3 Å². The molecule has 1 fully saturated rings. The van der Waals surface area contributed by atoms with Crippen LogP contribution in [0, 0.1) is 6.92 Å². The van der Waals surface area contributed by atoms with Crippen molar-refractivity contribution in [3.63, 3.8) is 0 Å². The summed E-state index contributed by atoms with van der Waals surface area (Å²) in [5.74, 6) is 0. The molecule has 2 aromatic rings. The number of ether oxygens (including phenoxy) is 1. The van der Waals surface area contributed by atoms with E-state index in [0.29, 0.717) is 11.6 Å². The fraction of sp³-hybridized carbons (Fsp3) is 0.583. The van der Waals surface area contributed by atoms with Crippen molar-refractivity contribution in [1.82, 2.24) is 14.6 Å². The van der Waals surface area contributed by atoms with Crippen molar-refractivity contribution in [2.24, 2.45) is 0 Å². The Morgan fingerprint density at radius 1 is 1.58 bits per heavy atom. The largest absolute Gasteiger partial charge is 0.375 e. The van der Waals surface area contributed by atoms with Crippen LogP contribution in [0.15, 0.2) is 10.9 Å². The average molecular weight is 280 g/mol. The second-order valence-corrected chi connectivity index (χ2v) is 5.60. The van der Waals surface area contributed by atoms with Crippen molar-refractivity contribution in [1.29, 1.82) is 0 Å². The van der Waals surface area contributed by atoms with Gasteiger partial charge in [0.05, 0.1) is 12.7 Å². The first kappa shape index (κ1) is 12.6. The van der Waals surface area contributed by atoms with Crippen LogP contribution in [0.1, 0.15) is 19.0 Å². The van der Waals surface area contributed by atoms with Crippen LogP contribution in [0.25, 0.3) is 4.96 Å². The van der Waals surface area contributed by atoms with E-state index < -0.39 is 0 Å². The van der Waals surface area contributed by atoms with Gasteiger partial charge in [-0.2, -0.15) is 4.52 Å². The standard InChI is InChI=1S/C12H16N4O2S/c1-3-9-7-15(4-5-18-9)12-14-16-10(17)6-8(2)13-11(16)19-12/h6,9H,3-5,7H2,1-2H3/t9-/m0/s1. The number of anilines is 1. The highest BCUT2D eigenvalue weighted by Gasteiger charge is 2.22. The van der Waals surface area contributed by atoms with E-state index in [9.17, 15) is 4.79 Å². The normalized spacial score (nSPS) is 20.1. The third kappa shape index (κ3) is 2.35. The third-order valence-electron chi connectivity index (χ3n) is 3.23. The number of aryl methyl sites for hydroxylation is 1. The molecule has 6 nitrogen and oxygen atoms in total. The van der Waals surface area contributed by atoms with E-state index in [1.54, 1.807) is 0 Å². The van der Waals surface area contributed by atoms with Crippen LogP contribution in [0.3, 0.4) is 0 Å². The Hall–Kier alpha value is -1.47. The zero-order valence-corrected chi connectivity index (χ0v) is 11.8. The first-order chi connectivity index (χ1) is 9.17. The van der Waals surface area contributed by atoms with Gasteiger partial charge in [0.1, 0.15) is 0 Å². The van der Waals surface area contributed by atoms with E-state index in [4.69, 9.17) is 4.74 Å². The van der Waals surface area contributed by atoms with Gasteiger partial charge in [0, 0.05) is 24.8 Å². The molecule has 2 aromatic heterocycles. The smallest absolute Gasteiger partial charge is 0.275 e. The molecule has 1 aliphatic rings. The predicted octanol–water partition coefficient (Wildman–Crippen LogP) is 1.07. The van der Waals surface area contributed by atoms with Crippen molar-refractivity contribution in [2.45, 2.75) is 26.4 Å². The number of nitrogens with zero attached hydrogens (tertiary/aromatic N) is 4. The molecule has 0 aromatic carbocycles. The minimum absolute atomic E-state index is 0.120. The molecule has 0 unspecified atom stereocenters. The van der Waals surface area contributed by atoms with Gasteiger partial charge in [-0.05, 0) is 13.3 Å². The Morgan fingerprint density at radius 3 is 3.21 bits per heavy atom. The summed E-state index contributed by atoms with van der Waals surface area (Å²) >= 11 is 1.46. The number of hydrogen-bond donors (Lipinski definition) is 0. The van der Waals surface area contributed by atoms with Crippen molar-refractivity contribution in [3.05, 3.63) is 22.1 Å². The summed E-state index contributed by atoms with van der Waals surface area (Å²) < 4.78 is 7.03. The Balaban J connectivity index is 1.97. The lowest BCUT2D eigenvalue weighted by molar-refractivity contribution is 0.0383. The molecular weight excluding hydrogens is 264 g/mol. The van der Waals surface area contributed by atoms with Crippen LogP contribution in [-0.4, -0.2) is 40.4 Å². The zero-order valence-electron chi connectivity index (χ0n) is 11.0. The van der Waals surface area contributed by atoms with Crippen molar-refractivity contribution < 1.29 is 4.74 Å². The van der Waals surface area contributed by atoms with Gasteiger partial charge < -0.3 is 9.64 Å². The molecule has 1 aliphatic heterocycles. The number of rotatable bonds is 2. The van der Waals surface area contributed by atoms with Crippen molar-refractivity contribution in [3.8, 4) is 0 Å². The molecule has 0 bridgehead atoms. The highest BCUT2D eigenvalue weighted by atomic mass is 32.1. The summed E-state index contributed by atoms with van der Waals surface area (Å²) in [6.07, 6.45) is 1.23. The van der Waals surface area contributed by atoms with E-state index in [-0.39, 0.29) is 11.7 Å². The van der Waals surface area contributed by atoms with E-state index >= 15 is 0 Å². The minimum atomic E-state index is -0.120. The van der Waals surface area contributed by atoms with Gasteiger partial charge in [0.25, 0.3) is 5.56 Å². The van der Waals surface area contributed by atoms with E-state index in [1.807, 2.05) is 6.92 Å². The Labute approximate surface area is 114 Å². The highest BCUT2D eigenvalue weighted by Crippen LogP contribution is 2.23. The maximum atomic E-state index is 11.8. The molecular formula is C12H16N4O2S. The Bertz CT molecular complexity index is 651. The Morgan fingerprint density at radius 2 is 2.42 bits per heavy atom. The minimum Gasteiger partial charge on any atom is -0.375 e. The van der Waals surface area contributed by atoms with Gasteiger partial charge in [0.2, 0.25) is 10.1 Å². The molecule has 1 atom stereocenters. The first-order valence-electron chi connectivity index (χ1n) is 6.41. The van der Waals surface area contributed by atoms with Gasteiger partial charge in [-0.1, -0.05) is 18.3 Å². The topological polar surface area (TPSA) is 59.7 Å². The molecule has 3 rings (SSSR count). The highest BCUT2D eigenvalue weighted by molar-refractivity contribution is 7.20. The molecule has 0 radical (unpaired) electrons. The lowest BCUT2D eigenvalue weighted by Gasteiger charge is -2.31. The predicted molar refractivity (Wildman–Crippen MR) is 74.1 cm³/mol. The van der Waals surface area contributed by atoms with Gasteiger partial charge in [0.15, 0.2) is 0 Å². The maximum absolute atomic E-state index is 11.8. The molecule has 0 saturated carbocycles. The van der Waals surface area contributed by atoms with E-state index in [2.05, 4.69) is 21.9 Å². The molecule has 19 heavy (non-hydrogen) atoms. The number of hydrogen-bond acceptors (Lipinski definition) is 6. The first-order valence-corrected chi connectivity index (χ1v) is 7.23. The fourth-order valence-electron chi connectivity index (χ4n) is 2.18. The number of morpholine rings is 1.